The summed E-state index contributed by atoms with van der Waals surface area (Å²) >= 11 is 0. The van der Waals surface area contributed by atoms with E-state index in [9.17, 15) is 8.78 Å². The first-order chi connectivity index (χ1) is 9.52. The number of hydrogen-bond acceptors (Lipinski definition) is 0. The van der Waals surface area contributed by atoms with Crippen molar-refractivity contribution in [1.29, 1.82) is 0 Å². The second-order valence-corrected chi connectivity index (χ2v) is 5.77. The van der Waals surface area contributed by atoms with Crippen LogP contribution in [0.25, 0.3) is 11.1 Å². The molecule has 1 atom stereocenters. The van der Waals surface area contributed by atoms with E-state index in [0.29, 0.717) is 17.5 Å². The third kappa shape index (κ3) is 1.86. The SMILES string of the molecule is CCC(C)c1cc2c(c(F)c1F)-c1ccc(C)cc1C2. The second-order valence-electron chi connectivity index (χ2n) is 5.77. The Morgan fingerprint density at radius 1 is 1.10 bits per heavy atom. The lowest BCUT2D eigenvalue weighted by molar-refractivity contribution is 0.491. The predicted octanol–water partition coefficient (Wildman–Crippen LogP) is 5.36. The van der Waals surface area contributed by atoms with E-state index in [1.165, 1.54) is 0 Å². The summed E-state index contributed by atoms with van der Waals surface area (Å²) in [6, 6.07) is 7.78. The summed E-state index contributed by atoms with van der Waals surface area (Å²) in [6.45, 7) is 5.95. The number of fused-ring (bicyclic) bond motifs is 3. The number of hydrogen-bond donors (Lipinski definition) is 0. The molecule has 0 nitrogen and oxygen atoms in total. The Bertz CT molecular complexity index is 686. The first-order valence-electron chi connectivity index (χ1n) is 7.13. The molecule has 2 aromatic carbocycles. The molecule has 0 heterocycles. The van der Waals surface area contributed by atoms with E-state index in [1.54, 1.807) is 0 Å². The van der Waals surface area contributed by atoms with Crippen molar-refractivity contribution in [3.8, 4) is 11.1 Å². The molecule has 3 rings (SSSR count). The average molecular weight is 272 g/mol. The highest BCUT2D eigenvalue weighted by Gasteiger charge is 2.27. The summed E-state index contributed by atoms with van der Waals surface area (Å²) in [4.78, 5) is 0. The van der Waals surface area contributed by atoms with Crippen molar-refractivity contribution >= 4 is 0 Å². The Morgan fingerprint density at radius 3 is 2.55 bits per heavy atom. The van der Waals surface area contributed by atoms with E-state index in [2.05, 4.69) is 6.07 Å². The van der Waals surface area contributed by atoms with E-state index in [0.717, 1.165) is 28.7 Å². The summed E-state index contributed by atoms with van der Waals surface area (Å²) in [5, 5.41) is 0. The molecular formula is C18H18F2. The third-order valence-corrected chi connectivity index (χ3v) is 4.37. The largest absolute Gasteiger partial charge is 0.203 e. The fourth-order valence-electron chi connectivity index (χ4n) is 3.03. The van der Waals surface area contributed by atoms with E-state index in [4.69, 9.17) is 0 Å². The van der Waals surface area contributed by atoms with Gasteiger partial charge in [-0.1, -0.05) is 43.7 Å². The van der Waals surface area contributed by atoms with Crippen LogP contribution in [-0.4, -0.2) is 0 Å². The van der Waals surface area contributed by atoms with Gasteiger partial charge >= 0.3 is 0 Å². The summed E-state index contributed by atoms with van der Waals surface area (Å²) in [7, 11) is 0. The van der Waals surface area contributed by atoms with Gasteiger partial charge in [-0.05, 0) is 47.9 Å². The highest BCUT2D eigenvalue weighted by molar-refractivity contribution is 5.78. The van der Waals surface area contributed by atoms with Gasteiger partial charge in [0.15, 0.2) is 11.6 Å². The van der Waals surface area contributed by atoms with Crippen LogP contribution in [0, 0.1) is 18.6 Å². The van der Waals surface area contributed by atoms with Gasteiger partial charge in [-0.3, -0.25) is 0 Å². The van der Waals surface area contributed by atoms with Crippen molar-refractivity contribution in [1.82, 2.24) is 0 Å². The minimum Gasteiger partial charge on any atom is -0.203 e. The molecule has 1 aliphatic rings. The Hall–Kier alpha value is -1.70. The van der Waals surface area contributed by atoms with E-state index >= 15 is 0 Å². The van der Waals surface area contributed by atoms with Crippen molar-refractivity contribution in [3.05, 3.63) is 58.2 Å². The molecule has 0 saturated carbocycles. The molecule has 0 saturated heterocycles. The van der Waals surface area contributed by atoms with Crippen molar-refractivity contribution in [2.75, 3.05) is 0 Å². The highest BCUT2D eigenvalue weighted by atomic mass is 19.2. The molecule has 0 N–H and O–H groups in total. The van der Waals surface area contributed by atoms with Gasteiger partial charge in [0.25, 0.3) is 0 Å². The summed E-state index contributed by atoms with van der Waals surface area (Å²) in [5.41, 5.74) is 4.98. The quantitative estimate of drug-likeness (QED) is 0.589. The maximum absolute atomic E-state index is 14.5. The zero-order valence-corrected chi connectivity index (χ0v) is 12.1. The summed E-state index contributed by atoms with van der Waals surface area (Å²) in [6.07, 6.45) is 1.51. The van der Waals surface area contributed by atoms with Crippen molar-refractivity contribution in [2.24, 2.45) is 0 Å². The molecule has 0 fully saturated rings. The summed E-state index contributed by atoms with van der Waals surface area (Å²) < 4.78 is 28.8. The fourth-order valence-corrected chi connectivity index (χ4v) is 3.03. The Morgan fingerprint density at radius 2 is 1.85 bits per heavy atom. The van der Waals surface area contributed by atoms with Gasteiger partial charge in [0, 0.05) is 5.56 Å². The van der Waals surface area contributed by atoms with Gasteiger partial charge in [0.2, 0.25) is 0 Å². The maximum atomic E-state index is 14.5. The minimum absolute atomic E-state index is 0.0419. The fraction of sp³-hybridized carbons (Fsp3) is 0.333. The average Bonchev–Trinajstić information content (AvgIpc) is 2.79. The zero-order valence-electron chi connectivity index (χ0n) is 12.1. The van der Waals surface area contributed by atoms with Gasteiger partial charge in [0.1, 0.15) is 0 Å². The molecule has 104 valence electrons. The number of rotatable bonds is 2. The van der Waals surface area contributed by atoms with Gasteiger partial charge in [-0.25, -0.2) is 8.78 Å². The predicted molar refractivity (Wildman–Crippen MR) is 78.0 cm³/mol. The van der Waals surface area contributed by atoms with Crippen molar-refractivity contribution in [2.45, 2.75) is 39.5 Å². The van der Waals surface area contributed by atoms with Crippen LogP contribution in [0.2, 0.25) is 0 Å². The van der Waals surface area contributed by atoms with Crippen molar-refractivity contribution in [3.63, 3.8) is 0 Å². The van der Waals surface area contributed by atoms with Crippen LogP contribution in [0.15, 0.2) is 24.3 Å². The molecule has 1 unspecified atom stereocenters. The molecular weight excluding hydrogens is 254 g/mol. The molecule has 0 aliphatic heterocycles. The van der Waals surface area contributed by atoms with Crippen LogP contribution in [0.5, 0.6) is 0 Å². The van der Waals surface area contributed by atoms with Gasteiger partial charge in [0.05, 0.1) is 0 Å². The molecule has 1 aliphatic carbocycles. The second kappa shape index (κ2) is 4.69. The molecule has 0 aromatic heterocycles. The number of halogens is 2. The molecule has 2 heteroatoms. The zero-order chi connectivity index (χ0) is 14.4. The lowest BCUT2D eigenvalue weighted by Crippen LogP contribution is -2.02. The topological polar surface area (TPSA) is 0 Å². The summed E-state index contributed by atoms with van der Waals surface area (Å²) in [5.74, 6) is -1.31. The molecule has 20 heavy (non-hydrogen) atoms. The van der Waals surface area contributed by atoms with Gasteiger partial charge < -0.3 is 0 Å². The van der Waals surface area contributed by atoms with Crippen LogP contribution in [-0.2, 0) is 6.42 Å². The lowest BCUT2D eigenvalue weighted by atomic mass is 9.93. The van der Waals surface area contributed by atoms with E-state index < -0.39 is 11.6 Å². The monoisotopic (exact) mass is 272 g/mol. The van der Waals surface area contributed by atoms with Gasteiger partial charge in [-0.2, -0.15) is 0 Å². The Balaban J connectivity index is 2.22. The standard InChI is InChI=1S/C18H18F2/c1-4-11(3)15-9-13-8-12-7-10(2)5-6-14(12)16(13)18(20)17(15)19/h5-7,9,11H,4,8H2,1-3H3. The number of aryl methyl sites for hydroxylation is 1. The van der Waals surface area contributed by atoms with Gasteiger partial charge in [-0.15, -0.1) is 0 Å². The Labute approximate surface area is 118 Å². The van der Waals surface area contributed by atoms with Crippen LogP contribution < -0.4 is 0 Å². The lowest BCUT2D eigenvalue weighted by Gasteiger charge is -2.14. The highest BCUT2D eigenvalue weighted by Crippen LogP contribution is 2.41. The van der Waals surface area contributed by atoms with E-state index in [1.807, 2.05) is 39.0 Å². The van der Waals surface area contributed by atoms with Crippen LogP contribution in [0.1, 0.15) is 48.4 Å². The van der Waals surface area contributed by atoms with Crippen LogP contribution >= 0.6 is 0 Å². The third-order valence-electron chi connectivity index (χ3n) is 4.37. The van der Waals surface area contributed by atoms with Crippen LogP contribution in [0.4, 0.5) is 8.78 Å². The molecule has 0 radical (unpaired) electrons. The number of benzene rings is 2. The minimum atomic E-state index is -0.680. The maximum Gasteiger partial charge on any atom is 0.167 e. The van der Waals surface area contributed by atoms with Crippen molar-refractivity contribution < 1.29 is 8.78 Å². The molecule has 0 amide bonds. The first kappa shape index (κ1) is 13.3. The smallest absolute Gasteiger partial charge is 0.167 e. The molecule has 2 aromatic rings. The van der Waals surface area contributed by atoms with Crippen LogP contribution in [0.3, 0.4) is 0 Å². The normalized spacial score (nSPS) is 14.1. The van der Waals surface area contributed by atoms with E-state index in [-0.39, 0.29) is 5.92 Å². The first-order valence-corrected chi connectivity index (χ1v) is 7.13. The molecule has 0 spiro atoms. The Kier molecular flexibility index (Phi) is 3.12. The molecule has 0 bridgehead atoms.